The topological polar surface area (TPSA) is 29.9 Å². The van der Waals surface area contributed by atoms with Gasteiger partial charge in [0, 0.05) is 19.3 Å². The number of aryl methyl sites for hydroxylation is 2. The molecule has 1 aromatic heterocycles. The van der Waals surface area contributed by atoms with Gasteiger partial charge in [0.15, 0.2) is 0 Å². The van der Waals surface area contributed by atoms with Crippen LogP contribution in [0, 0.1) is 0 Å². The zero-order valence-corrected chi connectivity index (χ0v) is 10.9. The van der Waals surface area contributed by atoms with E-state index in [1.54, 1.807) is 0 Å². The molecule has 1 atom stereocenters. The van der Waals surface area contributed by atoms with Gasteiger partial charge in [-0.2, -0.15) is 5.10 Å². The van der Waals surface area contributed by atoms with Gasteiger partial charge in [0.1, 0.15) is 0 Å². The molecule has 0 amide bonds. The molecule has 0 radical (unpaired) electrons. The van der Waals surface area contributed by atoms with Crippen LogP contribution >= 0.6 is 0 Å². The Labute approximate surface area is 99.2 Å². The molecule has 1 rings (SSSR count). The summed E-state index contributed by atoms with van der Waals surface area (Å²) >= 11 is 0. The first-order valence-electron chi connectivity index (χ1n) is 6.47. The Morgan fingerprint density at radius 3 is 2.81 bits per heavy atom. The van der Waals surface area contributed by atoms with Gasteiger partial charge in [-0.25, -0.2) is 0 Å². The van der Waals surface area contributed by atoms with Crippen LogP contribution in [0.1, 0.15) is 45.1 Å². The van der Waals surface area contributed by atoms with Gasteiger partial charge in [-0.3, -0.25) is 4.68 Å². The highest BCUT2D eigenvalue weighted by Gasteiger charge is 2.04. The summed E-state index contributed by atoms with van der Waals surface area (Å²) in [6, 6.07) is 0.691. The van der Waals surface area contributed by atoms with Gasteiger partial charge in [-0.1, -0.05) is 13.8 Å². The number of nitrogens with zero attached hydrogens (tertiary/aromatic N) is 2. The van der Waals surface area contributed by atoms with Crippen molar-refractivity contribution in [1.29, 1.82) is 0 Å². The standard InChI is InChI=1S/C13H25N3/c1-4-9-14-13(5-2)8-6-7-12-10-15-16(3)11-12/h10-11,13-14H,4-9H2,1-3H3. The average Bonchev–Trinajstić information content (AvgIpc) is 2.69. The monoisotopic (exact) mass is 223 g/mol. The molecule has 1 unspecified atom stereocenters. The van der Waals surface area contributed by atoms with E-state index in [9.17, 15) is 0 Å². The largest absolute Gasteiger partial charge is 0.314 e. The van der Waals surface area contributed by atoms with Crippen LogP contribution in [0.2, 0.25) is 0 Å². The molecule has 0 saturated heterocycles. The Balaban J connectivity index is 2.17. The number of aromatic nitrogens is 2. The second kappa shape index (κ2) is 7.44. The van der Waals surface area contributed by atoms with Gasteiger partial charge in [-0.05, 0) is 44.2 Å². The van der Waals surface area contributed by atoms with Crippen molar-refractivity contribution in [2.24, 2.45) is 7.05 Å². The van der Waals surface area contributed by atoms with Crippen LogP contribution in [0.4, 0.5) is 0 Å². The summed E-state index contributed by atoms with van der Waals surface area (Å²) in [6.07, 6.45) is 10.2. The maximum Gasteiger partial charge on any atom is 0.0521 e. The Kier molecular flexibility index (Phi) is 6.16. The molecular formula is C13H25N3. The van der Waals surface area contributed by atoms with Gasteiger partial charge < -0.3 is 5.32 Å². The zero-order chi connectivity index (χ0) is 11.8. The van der Waals surface area contributed by atoms with E-state index in [0.717, 1.165) is 13.0 Å². The van der Waals surface area contributed by atoms with Crippen LogP contribution < -0.4 is 5.32 Å². The Bertz CT molecular complexity index is 280. The molecule has 1 aromatic rings. The lowest BCUT2D eigenvalue weighted by atomic mass is 10.1. The normalized spacial score (nSPS) is 12.9. The van der Waals surface area contributed by atoms with Crippen LogP contribution in [0.15, 0.2) is 12.4 Å². The van der Waals surface area contributed by atoms with Crippen molar-refractivity contribution < 1.29 is 0 Å². The van der Waals surface area contributed by atoms with Crippen LogP contribution in [-0.4, -0.2) is 22.4 Å². The molecule has 1 N–H and O–H groups in total. The molecule has 3 heteroatoms. The first-order chi connectivity index (χ1) is 7.76. The molecule has 1 heterocycles. The highest BCUT2D eigenvalue weighted by atomic mass is 15.2. The van der Waals surface area contributed by atoms with E-state index in [4.69, 9.17) is 0 Å². The summed E-state index contributed by atoms with van der Waals surface area (Å²) in [4.78, 5) is 0. The Morgan fingerprint density at radius 1 is 1.44 bits per heavy atom. The van der Waals surface area contributed by atoms with Gasteiger partial charge >= 0.3 is 0 Å². The van der Waals surface area contributed by atoms with Crippen molar-refractivity contribution in [2.75, 3.05) is 6.54 Å². The Hall–Kier alpha value is -0.830. The van der Waals surface area contributed by atoms with E-state index in [2.05, 4.69) is 30.5 Å². The number of hydrogen-bond donors (Lipinski definition) is 1. The lowest BCUT2D eigenvalue weighted by Crippen LogP contribution is -2.29. The minimum Gasteiger partial charge on any atom is -0.314 e. The first-order valence-corrected chi connectivity index (χ1v) is 6.47. The SMILES string of the molecule is CCCNC(CC)CCCc1cnn(C)c1. The van der Waals surface area contributed by atoms with Crippen molar-refractivity contribution in [2.45, 2.75) is 52.0 Å². The molecule has 0 aliphatic carbocycles. The summed E-state index contributed by atoms with van der Waals surface area (Å²) < 4.78 is 1.88. The third-order valence-corrected chi connectivity index (χ3v) is 2.95. The predicted molar refractivity (Wildman–Crippen MR) is 68.5 cm³/mol. The predicted octanol–water partition coefficient (Wildman–Crippen LogP) is 2.52. The van der Waals surface area contributed by atoms with Crippen molar-refractivity contribution in [3.05, 3.63) is 18.0 Å². The fourth-order valence-corrected chi connectivity index (χ4v) is 1.95. The molecule has 0 bridgehead atoms. The third kappa shape index (κ3) is 4.79. The lowest BCUT2D eigenvalue weighted by molar-refractivity contribution is 0.456. The van der Waals surface area contributed by atoms with E-state index in [0.29, 0.717) is 6.04 Å². The molecule has 0 aliphatic rings. The van der Waals surface area contributed by atoms with Crippen molar-refractivity contribution in [1.82, 2.24) is 15.1 Å². The second-order valence-corrected chi connectivity index (χ2v) is 4.47. The summed E-state index contributed by atoms with van der Waals surface area (Å²) in [6.45, 7) is 5.62. The van der Waals surface area contributed by atoms with E-state index < -0.39 is 0 Å². The molecule has 3 nitrogen and oxygen atoms in total. The van der Waals surface area contributed by atoms with Gasteiger partial charge in [0.05, 0.1) is 6.20 Å². The quantitative estimate of drug-likeness (QED) is 0.734. The highest BCUT2D eigenvalue weighted by Crippen LogP contribution is 2.07. The maximum absolute atomic E-state index is 4.19. The van der Waals surface area contributed by atoms with Gasteiger partial charge in [-0.15, -0.1) is 0 Å². The number of nitrogens with one attached hydrogen (secondary N) is 1. The van der Waals surface area contributed by atoms with Crippen molar-refractivity contribution in [3.8, 4) is 0 Å². The van der Waals surface area contributed by atoms with Gasteiger partial charge in [0.2, 0.25) is 0 Å². The van der Waals surface area contributed by atoms with Crippen LogP contribution in [0.5, 0.6) is 0 Å². The van der Waals surface area contributed by atoms with Crippen molar-refractivity contribution >= 4 is 0 Å². The molecule has 0 aliphatic heterocycles. The van der Waals surface area contributed by atoms with E-state index >= 15 is 0 Å². The summed E-state index contributed by atoms with van der Waals surface area (Å²) in [5.41, 5.74) is 1.35. The summed E-state index contributed by atoms with van der Waals surface area (Å²) in [5, 5.41) is 7.77. The first kappa shape index (κ1) is 13.2. The van der Waals surface area contributed by atoms with Crippen LogP contribution in [0.3, 0.4) is 0 Å². The molecule has 92 valence electrons. The molecular weight excluding hydrogens is 198 g/mol. The maximum atomic E-state index is 4.19. The zero-order valence-electron chi connectivity index (χ0n) is 10.9. The lowest BCUT2D eigenvalue weighted by Gasteiger charge is -2.15. The van der Waals surface area contributed by atoms with Crippen molar-refractivity contribution in [3.63, 3.8) is 0 Å². The van der Waals surface area contributed by atoms with Crippen LogP contribution in [-0.2, 0) is 13.5 Å². The summed E-state index contributed by atoms with van der Waals surface area (Å²) in [5.74, 6) is 0. The molecule has 16 heavy (non-hydrogen) atoms. The second-order valence-electron chi connectivity index (χ2n) is 4.47. The van der Waals surface area contributed by atoms with Crippen LogP contribution in [0.25, 0.3) is 0 Å². The molecule has 0 aromatic carbocycles. The summed E-state index contributed by atoms with van der Waals surface area (Å²) in [7, 11) is 1.97. The van der Waals surface area contributed by atoms with E-state index in [1.165, 1.54) is 31.2 Å². The van der Waals surface area contributed by atoms with Gasteiger partial charge in [0.25, 0.3) is 0 Å². The molecule has 0 saturated carbocycles. The minimum absolute atomic E-state index is 0.691. The third-order valence-electron chi connectivity index (χ3n) is 2.95. The molecule has 0 spiro atoms. The van der Waals surface area contributed by atoms with E-state index in [1.807, 2.05) is 17.9 Å². The average molecular weight is 223 g/mol. The smallest absolute Gasteiger partial charge is 0.0521 e. The highest BCUT2D eigenvalue weighted by molar-refractivity contribution is 5.03. The number of hydrogen-bond acceptors (Lipinski definition) is 2. The molecule has 0 fully saturated rings. The Morgan fingerprint density at radius 2 is 2.25 bits per heavy atom. The fraction of sp³-hybridized carbons (Fsp3) is 0.769. The van der Waals surface area contributed by atoms with E-state index in [-0.39, 0.29) is 0 Å². The number of rotatable bonds is 8. The fourth-order valence-electron chi connectivity index (χ4n) is 1.95. The minimum atomic E-state index is 0.691.